The third-order valence-corrected chi connectivity index (χ3v) is 2.73. The summed E-state index contributed by atoms with van der Waals surface area (Å²) in [6.45, 7) is 7.95. The number of piperidine rings is 1. The second kappa shape index (κ2) is 5.98. The van der Waals surface area contributed by atoms with Crippen molar-refractivity contribution in [3.63, 3.8) is 0 Å². The highest BCUT2D eigenvalue weighted by molar-refractivity contribution is 5.78. The van der Waals surface area contributed by atoms with E-state index >= 15 is 0 Å². The van der Waals surface area contributed by atoms with Crippen LogP contribution < -0.4 is 0 Å². The van der Waals surface area contributed by atoms with Crippen molar-refractivity contribution in [1.82, 2.24) is 4.90 Å². The number of hydrogen-bond acceptors (Lipinski definition) is 2. The second-order valence-corrected chi connectivity index (χ2v) is 3.72. The smallest absolute Gasteiger partial charge is 0.226 e. The van der Waals surface area contributed by atoms with Crippen LogP contribution in [0.3, 0.4) is 0 Å². The first-order chi connectivity index (χ1) is 7.74. The summed E-state index contributed by atoms with van der Waals surface area (Å²) >= 11 is 0. The van der Waals surface area contributed by atoms with Crippen molar-refractivity contribution in [1.29, 1.82) is 0 Å². The van der Waals surface area contributed by atoms with Gasteiger partial charge in [0.25, 0.3) is 0 Å². The molecule has 1 aliphatic rings. The third-order valence-electron chi connectivity index (χ3n) is 2.73. The van der Waals surface area contributed by atoms with E-state index in [2.05, 4.69) is 23.2 Å². The van der Waals surface area contributed by atoms with Crippen LogP contribution >= 0.6 is 0 Å². The van der Waals surface area contributed by atoms with E-state index in [4.69, 9.17) is 5.53 Å². The maximum Gasteiger partial charge on any atom is 0.226 e. The van der Waals surface area contributed by atoms with Gasteiger partial charge in [0, 0.05) is 17.9 Å². The number of carbonyl (C=O) groups excluding carboxylic acids is 1. The average molecular weight is 220 g/mol. The Morgan fingerprint density at radius 2 is 2.38 bits per heavy atom. The Balaban J connectivity index is 2.82. The summed E-state index contributed by atoms with van der Waals surface area (Å²) in [7, 11) is 0. The molecular weight excluding hydrogens is 204 g/mol. The number of rotatable bonds is 4. The van der Waals surface area contributed by atoms with E-state index in [9.17, 15) is 4.79 Å². The number of nitrogens with zero attached hydrogens (tertiary/aromatic N) is 4. The van der Waals surface area contributed by atoms with E-state index in [0.29, 0.717) is 13.0 Å². The molecule has 0 aromatic rings. The van der Waals surface area contributed by atoms with Gasteiger partial charge in [-0.25, -0.2) is 0 Å². The lowest BCUT2D eigenvalue weighted by atomic mass is 9.96. The van der Waals surface area contributed by atoms with E-state index in [-0.39, 0.29) is 18.0 Å². The first-order valence-electron chi connectivity index (χ1n) is 5.31. The lowest BCUT2D eigenvalue weighted by Crippen LogP contribution is -2.49. The van der Waals surface area contributed by atoms with Crippen molar-refractivity contribution in [2.75, 3.05) is 6.54 Å². The van der Waals surface area contributed by atoms with Crippen molar-refractivity contribution in [2.24, 2.45) is 5.11 Å². The Labute approximate surface area is 95.1 Å². The van der Waals surface area contributed by atoms with Crippen molar-refractivity contribution in [2.45, 2.75) is 31.3 Å². The monoisotopic (exact) mass is 220 g/mol. The molecule has 0 aromatic heterocycles. The van der Waals surface area contributed by atoms with Crippen LogP contribution in [-0.4, -0.2) is 29.4 Å². The molecule has 86 valence electrons. The minimum Gasteiger partial charge on any atom is -0.336 e. The first-order valence-corrected chi connectivity index (χ1v) is 5.31. The molecule has 0 bridgehead atoms. The SMILES string of the molecule is C=CCC(=O)N1CCC[C@@H](N=[N+]=[N-])[C@H]1C=C. The number of likely N-dealkylation sites (tertiary alicyclic amines) is 1. The molecule has 0 saturated carbocycles. The van der Waals surface area contributed by atoms with Crippen LogP contribution in [0.25, 0.3) is 10.4 Å². The fourth-order valence-corrected chi connectivity index (χ4v) is 2.01. The number of hydrogen-bond donors (Lipinski definition) is 0. The molecule has 5 nitrogen and oxygen atoms in total. The fraction of sp³-hybridized carbons (Fsp3) is 0.545. The quantitative estimate of drug-likeness (QED) is 0.310. The number of azide groups is 1. The summed E-state index contributed by atoms with van der Waals surface area (Å²) in [4.78, 5) is 16.3. The molecule has 0 radical (unpaired) electrons. The molecule has 1 saturated heterocycles. The lowest BCUT2D eigenvalue weighted by molar-refractivity contribution is -0.133. The van der Waals surface area contributed by atoms with Crippen molar-refractivity contribution in [3.8, 4) is 0 Å². The Kier molecular flexibility index (Phi) is 4.61. The summed E-state index contributed by atoms with van der Waals surface area (Å²) < 4.78 is 0. The zero-order valence-electron chi connectivity index (χ0n) is 9.25. The molecule has 5 heteroatoms. The predicted molar refractivity (Wildman–Crippen MR) is 62.7 cm³/mol. The minimum absolute atomic E-state index is 0.0118. The molecule has 16 heavy (non-hydrogen) atoms. The fourth-order valence-electron chi connectivity index (χ4n) is 2.01. The third kappa shape index (κ3) is 2.64. The van der Waals surface area contributed by atoms with Gasteiger partial charge < -0.3 is 4.90 Å². The number of carbonyl (C=O) groups is 1. The van der Waals surface area contributed by atoms with Crippen LogP contribution in [0.4, 0.5) is 0 Å². The van der Waals surface area contributed by atoms with E-state index < -0.39 is 0 Å². The van der Waals surface area contributed by atoms with Crippen LogP contribution in [0.2, 0.25) is 0 Å². The van der Waals surface area contributed by atoms with Gasteiger partial charge in [-0.1, -0.05) is 17.3 Å². The summed E-state index contributed by atoms with van der Waals surface area (Å²) in [6, 6.07) is -0.373. The summed E-state index contributed by atoms with van der Waals surface area (Å²) in [5.74, 6) is 0.0118. The van der Waals surface area contributed by atoms with Gasteiger partial charge in [-0.3, -0.25) is 4.79 Å². The summed E-state index contributed by atoms with van der Waals surface area (Å²) in [5.41, 5.74) is 8.46. The molecule has 1 amide bonds. The van der Waals surface area contributed by atoms with Crippen LogP contribution in [0.1, 0.15) is 19.3 Å². The molecule has 0 aliphatic carbocycles. The highest BCUT2D eigenvalue weighted by atomic mass is 16.2. The molecule has 1 aliphatic heterocycles. The molecule has 0 N–H and O–H groups in total. The minimum atomic E-state index is -0.190. The Morgan fingerprint density at radius 1 is 1.62 bits per heavy atom. The van der Waals surface area contributed by atoms with E-state index in [1.807, 2.05) is 0 Å². The standard InChI is InChI=1S/C11H16N4O/c1-3-6-11(16)15-8-5-7-9(13-14-12)10(15)4-2/h3-4,9-10H,1-2,5-8H2/t9-,10-/m1/s1. The Morgan fingerprint density at radius 3 is 2.94 bits per heavy atom. The lowest BCUT2D eigenvalue weighted by Gasteiger charge is -2.37. The van der Waals surface area contributed by atoms with Crippen molar-refractivity contribution in [3.05, 3.63) is 35.8 Å². The molecular formula is C11H16N4O. The molecule has 0 unspecified atom stereocenters. The molecule has 0 aromatic carbocycles. The van der Waals surface area contributed by atoms with E-state index in [1.165, 1.54) is 0 Å². The zero-order valence-corrected chi connectivity index (χ0v) is 9.25. The maximum absolute atomic E-state index is 11.8. The van der Waals surface area contributed by atoms with Gasteiger partial charge in [-0.15, -0.1) is 13.2 Å². The molecule has 1 heterocycles. The zero-order chi connectivity index (χ0) is 12.0. The highest BCUT2D eigenvalue weighted by Gasteiger charge is 2.30. The molecule has 1 fully saturated rings. The Bertz CT molecular complexity index is 333. The topological polar surface area (TPSA) is 69.1 Å². The van der Waals surface area contributed by atoms with Gasteiger partial charge in [0.15, 0.2) is 0 Å². The summed E-state index contributed by atoms with van der Waals surface area (Å²) in [6.07, 6.45) is 5.24. The van der Waals surface area contributed by atoms with Crippen molar-refractivity contribution < 1.29 is 4.79 Å². The molecule has 0 spiro atoms. The van der Waals surface area contributed by atoms with Gasteiger partial charge in [0.2, 0.25) is 5.91 Å². The van der Waals surface area contributed by atoms with Crippen LogP contribution in [-0.2, 0) is 4.79 Å². The van der Waals surface area contributed by atoms with Crippen LogP contribution in [0, 0.1) is 0 Å². The van der Waals surface area contributed by atoms with Gasteiger partial charge in [-0.2, -0.15) is 0 Å². The largest absolute Gasteiger partial charge is 0.336 e. The normalized spacial score (nSPS) is 24.4. The molecule has 2 atom stereocenters. The van der Waals surface area contributed by atoms with E-state index in [1.54, 1.807) is 17.1 Å². The molecule has 1 rings (SSSR count). The van der Waals surface area contributed by atoms with Gasteiger partial charge >= 0.3 is 0 Å². The maximum atomic E-state index is 11.8. The number of amides is 1. The van der Waals surface area contributed by atoms with E-state index in [0.717, 1.165) is 12.8 Å². The van der Waals surface area contributed by atoms with Gasteiger partial charge in [-0.05, 0) is 18.4 Å². The van der Waals surface area contributed by atoms with Crippen molar-refractivity contribution >= 4 is 5.91 Å². The Hall–Kier alpha value is -1.74. The van der Waals surface area contributed by atoms with Gasteiger partial charge in [0.05, 0.1) is 12.1 Å². The van der Waals surface area contributed by atoms with Crippen LogP contribution in [0.15, 0.2) is 30.4 Å². The second-order valence-electron chi connectivity index (χ2n) is 3.72. The van der Waals surface area contributed by atoms with Crippen LogP contribution in [0.5, 0.6) is 0 Å². The first kappa shape index (κ1) is 12.3. The summed E-state index contributed by atoms with van der Waals surface area (Å²) in [5, 5.41) is 3.72. The average Bonchev–Trinajstić information content (AvgIpc) is 2.29. The predicted octanol–water partition coefficient (Wildman–Crippen LogP) is 2.42. The highest BCUT2D eigenvalue weighted by Crippen LogP contribution is 2.22. The van der Waals surface area contributed by atoms with Gasteiger partial charge in [0.1, 0.15) is 0 Å².